The van der Waals surface area contributed by atoms with Gasteiger partial charge in [-0.05, 0) is 49.1 Å². The van der Waals surface area contributed by atoms with Crippen molar-refractivity contribution in [1.82, 2.24) is 19.5 Å². The van der Waals surface area contributed by atoms with Crippen molar-refractivity contribution in [3.05, 3.63) is 84.1 Å². The monoisotopic (exact) mass is 496 g/mol. The Hall–Kier alpha value is -3.91. The van der Waals surface area contributed by atoms with Gasteiger partial charge < -0.3 is 16.0 Å². The molecule has 37 heavy (non-hydrogen) atoms. The summed E-state index contributed by atoms with van der Waals surface area (Å²) in [5.41, 5.74) is 3.98. The predicted octanol–water partition coefficient (Wildman–Crippen LogP) is 4.78. The van der Waals surface area contributed by atoms with Gasteiger partial charge >= 0.3 is 0 Å². The number of amides is 1. The number of hydrogen-bond acceptors (Lipinski definition) is 6. The average molecular weight is 497 g/mol. The van der Waals surface area contributed by atoms with Crippen LogP contribution in [0, 0.1) is 6.07 Å². The van der Waals surface area contributed by atoms with E-state index in [4.69, 9.17) is 4.98 Å². The number of rotatable bonds is 9. The third kappa shape index (κ3) is 6.27. The molecule has 3 N–H and O–H groups in total. The van der Waals surface area contributed by atoms with Crippen molar-refractivity contribution in [1.29, 1.82) is 0 Å². The van der Waals surface area contributed by atoms with Gasteiger partial charge in [0.15, 0.2) is 5.65 Å². The molecule has 1 fully saturated rings. The van der Waals surface area contributed by atoms with Crippen LogP contribution in [0.15, 0.2) is 66.9 Å². The fourth-order valence-corrected chi connectivity index (χ4v) is 4.77. The molecule has 1 aliphatic rings. The van der Waals surface area contributed by atoms with Crippen molar-refractivity contribution in [2.45, 2.75) is 45.2 Å². The Labute approximate surface area is 218 Å². The summed E-state index contributed by atoms with van der Waals surface area (Å²) >= 11 is 0. The number of piperidine rings is 1. The van der Waals surface area contributed by atoms with Gasteiger partial charge in [-0.1, -0.05) is 56.3 Å². The minimum atomic E-state index is -0.000740. The molecule has 0 saturated carbocycles. The maximum absolute atomic E-state index is 12.6. The van der Waals surface area contributed by atoms with Crippen LogP contribution in [0.2, 0.25) is 0 Å². The first-order valence-electron chi connectivity index (χ1n) is 13.0. The number of nitrogens with one attached hydrogen (secondary N) is 3. The van der Waals surface area contributed by atoms with Gasteiger partial charge in [-0.25, -0.2) is 4.98 Å². The maximum atomic E-state index is 12.6. The summed E-state index contributed by atoms with van der Waals surface area (Å²) in [5, 5.41) is 14.8. The lowest BCUT2D eigenvalue weighted by molar-refractivity contribution is -0.117. The Bertz CT molecular complexity index is 1320. The lowest BCUT2D eigenvalue weighted by Crippen LogP contribution is -2.45. The van der Waals surface area contributed by atoms with E-state index < -0.39 is 0 Å². The number of aromatic nitrogens is 3. The molecule has 8 heteroatoms. The Balaban J connectivity index is 1.30. The molecule has 8 nitrogen and oxygen atoms in total. The first-order valence-corrected chi connectivity index (χ1v) is 13.0. The number of likely N-dealkylation sites (tertiary alicyclic amines) is 1. The Morgan fingerprint density at radius 2 is 1.97 bits per heavy atom. The van der Waals surface area contributed by atoms with Crippen LogP contribution in [-0.4, -0.2) is 51.1 Å². The molecule has 4 aromatic rings. The summed E-state index contributed by atoms with van der Waals surface area (Å²) in [6.45, 7) is 7.07. The lowest BCUT2D eigenvalue weighted by atomic mass is 10.1. The number of hydrogen-bond donors (Lipinski definition) is 3. The third-order valence-corrected chi connectivity index (χ3v) is 6.66. The second kappa shape index (κ2) is 11.4. The number of carbonyl (C=O) groups is 1. The van der Waals surface area contributed by atoms with E-state index in [1.165, 1.54) is 5.56 Å². The van der Waals surface area contributed by atoms with Crippen molar-refractivity contribution >= 4 is 28.9 Å². The van der Waals surface area contributed by atoms with E-state index in [1.54, 1.807) is 12.1 Å². The van der Waals surface area contributed by atoms with Gasteiger partial charge in [0.1, 0.15) is 11.6 Å². The van der Waals surface area contributed by atoms with Crippen LogP contribution in [0.3, 0.4) is 0 Å². The molecule has 5 rings (SSSR count). The summed E-state index contributed by atoms with van der Waals surface area (Å²) in [4.78, 5) is 19.7. The minimum absolute atomic E-state index is 0.000740. The van der Waals surface area contributed by atoms with E-state index in [0.717, 1.165) is 54.5 Å². The van der Waals surface area contributed by atoms with Gasteiger partial charge in [0.25, 0.3) is 0 Å². The van der Waals surface area contributed by atoms with Crippen LogP contribution < -0.4 is 16.0 Å². The molecule has 2 aromatic carbocycles. The second-order valence-corrected chi connectivity index (χ2v) is 9.91. The maximum Gasteiger partial charge on any atom is 0.238 e. The van der Waals surface area contributed by atoms with Gasteiger partial charge in [-0.3, -0.25) is 9.69 Å². The topological polar surface area (TPSA) is 86.6 Å². The molecular weight excluding hydrogens is 462 g/mol. The largest absolute Gasteiger partial charge is 0.366 e. The van der Waals surface area contributed by atoms with E-state index in [-0.39, 0.29) is 11.9 Å². The van der Waals surface area contributed by atoms with Crippen molar-refractivity contribution in [3.8, 4) is 0 Å². The van der Waals surface area contributed by atoms with Crippen molar-refractivity contribution in [3.63, 3.8) is 0 Å². The highest BCUT2D eigenvalue weighted by atomic mass is 16.2. The average Bonchev–Trinajstić information content (AvgIpc) is 3.34. The molecule has 0 unspecified atom stereocenters. The smallest absolute Gasteiger partial charge is 0.238 e. The van der Waals surface area contributed by atoms with Crippen molar-refractivity contribution < 1.29 is 4.79 Å². The standard InChI is InChI=1S/C29H34N7O/c1-21(2)25-18-31-36-27(16-26(34-29(25)36)30-17-22-10-5-3-6-11-22)32-24-14-9-15-35(19-24)20-28(37)33-23-12-7-4-8-13-23/h3,5-8,10-13,16,18,21,24,32H,9,14-15,17,19-20H2,1-2H3,(H,30,34)(H,33,37)/t24-/m1/s1. The molecular formula is C29H34N7O. The van der Waals surface area contributed by atoms with Crippen LogP contribution in [0.25, 0.3) is 5.65 Å². The molecule has 191 valence electrons. The summed E-state index contributed by atoms with van der Waals surface area (Å²) < 4.78 is 1.90. The number of anilines is 3. The van der Waals surface area contributed by atoms with E-state index >= 15 is 0 Å². The van der Waals surface area contributed by atoms with Gasteiger partial charge in [-0.2, -0.15) is 9.61 Å². The zero-order chi connectivity index (χ0) is 25.6. The normalized spacial score (nSPS) is 16.1. The van der Waals surface area contributed by atoms with Gasteiger partial charge in [-0.15, -0.1) is 0 Å². The summed E-state index contributed by atoms with van der Waals surface area (Å²) in [6, 6.07) is 22.8. The van der Waals surface area contributed by atoms with E-state index in [2.05, 4.69) is 58.0 Å². The highest BCUT2D eigenvalue weighted by Crippen LogP contribution is 2.26. The van der Waals surface area contributed by atoms with Crippen LogP contribution >= 0.6 is 0 Å². The van der Waals surface area contributed by atoms with E-state index in [1.807, 2.05) is 47.1 Å². The van der Waals surface area contributed by atoms with E-state index in [9.17, 15) is 4.79 Å². The van der Waals surface area contributed by atoms with Crippen molar-refractivity contribution in [2.24, 2.45) is 0 Å². The fourth-order valence-electron chi connectivity index (χ4n) is 4.77. The minimum Gasteiger partial charge on any atom is -0.366 e. The van der Waals surface area contributed by atoms with Crippen LogP contribution in [0.4, 0.5) is 17.3 Å². The van der Waals surface area contributed by atoms with Crippen LogP contribution in [0.1, 0.15) is 43.7 Å². The molecule has 2 aromatic heterocycles. The zero-order valence-corrected chi connectivity index (χ0v) is 21.4. The van der Waals surface area contributed by atoms with Crippen molar-refractivity contribution in [2.75, 3.05) is 35.6 Å². The molecule has 1 amide bonds. The number of benzene rings is 2. The number of carbonyl (C=O) groups excluding carboxylic acids is 1. The highest BCUT2D eigenvalue weighted by Gasteiger charge is 2.23. The number of nitrogens with zero attached hydrogens (tertiary/aromatic N) is 4. The molecule has 0 aliphatic carbocycles. The fraction of sp³-hybridized carbons (Fsp3) is 0.345. The summed E-state index contributed by atoms with van der Waals surface area (Å²) in [5.74, 6) is 2.03. The molecule has 1 saturated heterocycles. The van der Waals surface area contributed by atoms with E-state index in [0.29, 0.717) is 19.0 Å². The lowest BCUT2D eigenvalue weighted by Gasteiger charge is -2.33. The summed E-state index contributed by atoms with van der Waals surface area (Å²) in [7, 11) is 0. The first-order chi connectivity index (χ1) is 18.0. The van der Waals surface area contributed by atoms with Gasteiger partial charge in [0, 0.05) is 36.4 Å². The van der Waals surface area contributed by atoms with Gasteiger partial charge in [0.05, 0.1) is 12.7 Å². The highest BCUT2D eigenvalue weighted by molar-refractivity contribution is 5.92. The van der Waals surface area contributed by atoms with Crippen LogP contribution in [-0.2, 0) is 11.3 Å². The Morgan fingerprint density at radius 1 is 1.16 bits per heavy atom. The molecule has 1 aliphatic heterocycles. The molecule has 3 heterocycles. The first kappa shape index (κ1) is 24.8. The number of fused-ring (bicyclic) bond motifs is 1. The zero-order valence-electron chi connectivity index (χ0n) is 21.4. The quantitative estimate of drug-likeness (QED) is 0.309. The predicted molar refractivity (Wildman–Crippen MR) is 148 cm³/mol. The Kier molecular flexibility index (Phi) is 7.65. The molecule has 0 bridgehead atoms. The van der Waals surface area contributed by atoms with Gasteiger partial charge in [0.2, 0.25) is 5.91 Å². The van der Waals surface area contributed by atoms with Crippen LogP contribution in [0.5, 0.6) is 0 Å². The third-order valence-electron chi connectivity index (χ3n) is 6.66. The Morgan fingerprint density at radius 3 is 2.76 bits per heavy atom. The summed E-state index contributed by atoms with van der Waals surface area (Å²) in [6.07, 6.45) is 3.97. The SMILES string of the molecule is CC(C)c1cnn2c(N[C@@H]3CCCN(CC(=O)Nc4cc[c]cc4)C3)cc(NCc3ccccc3)nc12. The molecule has 0 spiro atoms. The molecule has 1 atom stereocenters. The molecule has 1 radical (unpaired) electrons. The second-order valence-electron chi connectivity index (χ2n) is 9.91.